The van der Waals surface area contributed by atoms with Gasteiger partial charge in [-0.05, 0) is 25.7 Å². The van der Waals surface area contributed by atoms with Crippen molar-refractivity contribution in [1.29, 1.82) is 0 Å². The number of aliphatic hydroxyl groups excluding tert-OH is 10. The van der Waals surface area contributed by atoms with Crippen molar-refractivity contribution in [2.75, 3.05) is 13.2 Å². The van der Waals surface area contributed by atoms with Gasteiger partial charge < -0.3 is 80.5 Å². The summed E-state index contributed by atoms with van der Waals surface area (Å²) in [6.07, 6.45) is -5.09. The first-order valence-electron chi connectivity index (χ1n) is 13.6. The van der Waals surface area contributed by atoms with Crippen LogP contribution in [-0.2, 0) is 36.2 Å². The monoisotopic (exact) mass is 674 g/mol. The Morgan fingerprint density at radius 1 is 0.558 bits per heavy atom. The third-order valence-corrected chi connectivity index (χ3v) is 5.31. The minimum absolute atomic E-state index is 0. The van der Waals surface area contributed by atoms with Crippen molar-refractivity contribution in [3.8, 4) is 0 Å². The number of rotatable bonds is 20. The predicted molar refractivity (Wildman–Crippen MR) is 142 cm³/mol. The molecule has 0 rings (SSSR count). The van der Waals surface area contributed by atoms with E-state index in [0.717, 1.165) is 51.4 Å². The summed E-state index contributed by atoms with van der Waals surface area (Å²) in [4.78, 5) is 39.5. The molecule has 0 heterocycles. The van der Waals surface area contributed by atoms with Crippen LogP contribution in [0, 0.1) is 0 Å². The van der Waals surface area contributed by atoms with E-state index in [1.54, 1.807) is 0 Å². The Morgan fingerprint density at radius 2 is 0.837 bits per heavy atom. The van der Waals surface area contributed by atoms with Crippen LogP contribution in [-0.4, -0.2) is 138 Å². The average molecular weight is 675 g/mol. The molecule has 0 spiro atoms. The van der Waals surface area contributed by atoms with Crippen molar-refractivity contribution in [2.24, 2.45) is 0 Å². The first kappa shape index (κ1) is 51.0. The second-order valence-electron chi connectivity index (χ2n) is 9.08. The number of hydrogen-bond donors (Lipinski definition) is 10. The number of aldehydes is 2. The Kier molecular flexibility index (Phi) is 41.4. The third kappa shape index (κ3) is 33.1. The molecule has 8 unspecified atom stereocenters. The van der Waals surface area contributed by atoms with E-state index in [9.17, 15) is 29.4 Å². The van der Waals surface area contributed by atoms with Crippen LogP contribution in [0.5, 0.6) is 0 Å². The molecule has 0 aromatic rings. The summed E-state index contributed by atoms with van der Waals surface area (Å²) in [5, 5.41) is 107. The summed E-state index contributed by atoms with van der Waals surface area (Å²) in [6.45, 7) is 2.67. The molecule has 0 aliphatic heterocycles. The zero-order valence-electron chi connectivity index (χ0n) is 24.5. The molecule has 8 atom stereocenters. The van der Waals surface area contributed by atoms with Gasteiger partial charge in [0.1, 0.15) is 48.8 Å². The standard InChI is InChI=1S/2C7H14O2.2C6H12O6.Fe/c2*1-2-3-4-5-6-7(8)9;2*7-1-3(9)5(11)6(12)4(10)2-8;/h2*2-6H2,1H3,(H,8,9);2*1,3-6,8-12H,2H2;/q;;;;+2/p-2. The Bertz CT molecular complexity index is 603. The van der Waals surface area contributed by atoms with Crippen molar-refractivity contribution in [1.82, 2.24) is 0 Å². The van der Waals surface area contributed by atoms with Crippen LogP contribution >= 0.6 is 0 Å². The van der Waals surface area contributed by atoms with Gasteiger partial charge in [0.2, 0.25) is 0 Å². The Balaban J connectivity index is -0.000000150. The molecule has 16 nitrogen and oxygen atoms in total. The molecule has 0 radical (unpaired) electrons. The predicted octanol–water partition coefficient (Wildman–Crippen LogP) is -5.35. The van der Waals surface area contributed by atoms with Crippen LogP contribution < -0.4 is 10.2 Å². The molecule has 10 N–H and O–H groups in total. The van der Waals surface area contributed by atoms with E-state index in [1.807, 2.05) is 0 Å². The van der Waals surface area contributed by atoms with Gasteiger partial charge in [-0.2, -0.15) is 0 Å². The number of aliphatic hydroxyl groups is 10. The smallest absolute Gasteiger partial charge is 0.550 e. The van der Waals surface area contributed by atoms with Gasteiger partial charge in [0, 0.05) is 11.9 Å². The minimum atomic E-state index is -1.79. The normalized spacial score (nSPS) is 15.7. The van der Waals surface area contributed by atoms with Crippen molar-refractivity contribution in [3.05, 3.63) is 0 Å². The van der Waals surface area contributed by atoms with E-state index in [-0.39, 0.29) is 42.5 Å². The zero-order chi connectivity index (χ0) is 33.7. The average Bonchev–Trinajstić information content (AvgIpc) is 2.98. The number of carboxylic acids is 2. The van der Waals surface area contributed by atoms with E-state index in [4.69, 9.17) is 51.1 Å². The topological polar surface area (TPSA) is 317 Å². The van der Waals surface area contributed by atoms with Crippen molar-refractivity contribution >= 4 is 24.5 Å². The maximum atomic E-state index is 9.90. The van der Waals surface area contributed by atoms with Crippen LogP contribution in [0.2, 0.25) is 0 Å². The van der Waals surface area contributed by atoms with Crippen LogP contribution in [0.4, 0.5) is 0 Å². The molecule has 43 heavy (non-hydrogen) atoms. The van der Waals surface area contributed by atoms with Gasteiger partial charge in [-0.3, -0.25) is 0 Å². The third-order valence-electron chi connectivity index (χ3n) is 5.31. The quantitative estimate of drug-likeness (QED) is 0.0327. The van der Waals surface area contributed by atoms with E-state index in [0.29, 0.717) is 0 Å². The second-order valence-corrected chi connectivity index (χ2v) is 9.08. The molecule has 0 saturated heterocycles. The summed E-state index contributed by atoms with van der Waals surface area (Å²) in [6, 6.07) is 0. The molecule has 258 valence electrons. The van der Waals surface area contributed by atoms with Crippen molar-refractivity contribution in [3.63, 3.8) is 0 Å². The molecule has 0 saturated carbocycles. The fourth-order valence-corrected chi connectivity index (χ4v) is 2.63. The molecule has 0 fully saturated rings. The van der Waals surface area contributed by atoms with Crippen LogP contribution in [0.3, 0.4) is 0 Å². The van der Waals surface area contributed by atoms with Crippen LogP contribution in [0.15, 0.2) is 0 Å². The fraction of sp³-hybridized carbons (Fsp3) is 0.846. The molecule has 0 aliphatic rings. The second kappa shape index (κ2) is 34.9. The van der Waals surface area contributed by atoms with E-state index < -0.39 is 74.0 Å². The van der Waals surface area contributed by atoms with Gasteiger partial charge in [0.05, 0.1) is 13.2 Å². The van der Waals surface area contributed by atoms with E-state index >= 15 is 0 Å². The SMILES string of the molecule is CCCCCCC(=O)[O-].CCCCCCC(=O)[O-].O=CC(O)C(O)C(O)C(O)CO.O=CC(O)C(O)C(O)C(O)CO.[Fe+2]. The number of aliphatic carboxylic acids is 2. The number of unbranched alkanes of at least 4 members (excludes halogenated alkanes) is 6. The van der Waals surface area contributed by atoms with Crippen molar-refractivity contribution < 1.29 is 97.5 Å². The molecule has 0 aromatic carbocycles. The number of carbonyl (C=O) groups is 4. The maximum Gasteiger partial charge on any atom is 2.00 e. The fourth-order valence-electron chi connectivity index (χ4n) is 2.63. The molecule has 0 aromatic heterocycles. The van der Waals surface area contributed by atoms with Crippen molar-refractivity contribution in [2.45, 2.75) is 127 Å². The summed E-state index contributed by atoms with van der Waals surface area (Å²) < 4.78 is 0. The minimum Gasteiger partial charge on any atom is -0.550 e. The molecule has 0 bridgehead atoms. The van der Waals surface area contributed by atoms with Crippen LogP contribution in [0.25, 0.3) is 0 Å². The Hall–Kier alpha value is -1.60. The summed E-state index contributed by atoms with van der Waals surface area (Å²) in [7, 11) is 0. The number of carboxylic acid groups (broad SMARTS) is 2. The van der Waals surface area contributed by atoms with Gasteiger partial charge in [-0.15, -0.1) is 0 Å². The van der Waals surface area contributed by atoms with E-state index in [1.165, 1.54) is 0 Å². The summed E-state index contributed by atoms with van der Waals surface area (Å²) in [5.41, 5.74) is 0. The number of hydrogen-bond acceptors (Lipinski definition) is 16. The van der Waals surface area contributed by atoms with E-state index in [2.05, 4.69) is 13.8 Å². The van der Waals surface area contributed by atoms with Gasteiger partial charge in [-0.25, -0.2) is 0 Å². The maximum absolute atomic E-state index is 9.90. The Morgan fingerprint density at radius 3 is 1.02 bits per heavy atom. The summed E-state index contributed by atoms with van der Waals surface area (Å²) in [5.74, 6) is -1.85. The van der Waals surface area contributed by atoms with Gasteiger partial charge in [-0.1, -0.05) is 52.4 Å². The summed E-state index contributed by atoms with van der Waals surface area (Å²) >= 11 is 0. The zero-order valence-corrected chi connectivity index (χ0v) is 25.6. The Labute approximate surface area is 262 Å². The van der Waals surface area contributed by atoms with Gasteiger partial charge >= 0.3 is 17.1 Å². The first-order valence-corrected chi connectivity index (χ1v) is 13.6. The molecular formula is C26H50FeO16. The van der Waals surface area contributed by atoms with Gasteiger partial charge in [0.15, 0.2) is 12.6 Å². The molecule has 0 amide bonds. The molecule has 0 aliphatic carbocycles. The largest absolute Gasteiger partial charge is 2.00 e. The van der Waals surface area contributed by atoms with Crippen LogP contribution in [0.1, 0.15) is 78.1 Å². The molecule has 17 heteroatoms. The number of carbonyl (C=O) groups excluding carboxylic acids is 4. The molecular weight excluding hydrogens is 624 g/mol. The van der Waals surface area contributed by atoms with Gasteiger partial charge in [0.25, 0.3) is 0 Å². The first-order chi connectivity index (χ1) is 19.6.